The first-order valence-corrected chi connectivity index (χ1v) is 6.46. The Bertz CT molecular complexity index is 300. The average molecular weight is 289 g/mol. The Labute approximate surface area is 119 Å². The predicted octanol–water partition coefficient (Wildman–Crippen LogP) is 0.368. The van der Waals surface area contributed by atoms with Crippen LogP contribution in [0.25, 0.3) is 0 Å². The molecule has 0 saturated heterocycles. The van der Waals surface area contributed by atoms with Gasteiger partial charge in [-0.05, 0) is 19.4 Å². The smallest absolute Gasteiger partial charge is 0.319 e. The second kappa shape index (κ2) is 11.2. The summed E-state index contributed by atoms with van der Waals surface area (Å²) in [4.78, 5) is 35.0. The van der Waals surface area contributed by atoms with Crippen molar-refractivity contribution in [1.82, 2.24) is 4.90 Å². The molecule has 0 amide bonds. The van der Waals surface area contributed by atoms with Crippen molar-refractivity contribution in [2.75, 3.05) is 41.0 Å². The van der Waals surface area contributed by atoms with E-state index in [9.17, 15) is 14.4 Å². The van der Waals surface area contributed by atoms with Gasteiger partial charge in [-0.1, -0.05) is 6.42 Å². The molecule has 0 radical (unpaired) electrons. The maximum absolute atomic E-state index is 11.2. The maximum Gasteiger partial charge on any atom is 0.319 e. The molecule has 7 heteroatoms. The number of carbonyl (C=O) groups excluding carboxylic acids is 3. The molecule has 0 rings (SSSR count). The number of unbranched alkanes of at least 4 members (excludes halogenated alkanes) is 2. The Kier molecular flexibility index (Phi) is 10.3. The summed E-state index contributed by atoms with van der Waals surface area (Å²) in [5, 5.41) is 0. The fourth-order valence-electron chi connectivity index (χ4n) is 1.59. The van der Waals surface area contributed by atoms with Gasteiger partial charge < -0.3 is 14.2 Å². The highest BCUT2D eigenvalue weighted by Crippen LogP contribution is 2.03. The first-order chi connectivity index (χ1) is 9.53. The molecular formula is C13H23NO6. The highest BCUT2D eigenvalue weighted by Gasteiger charge is 2.14. The van der Waals surface area contributed by atoms with Gasteiger partial charge in [0.25, 0.3) is 0 Å². The van der Waals surface area contributed by atoms with Crippen LogP contribution in [0.4, 0.5) is 0 Å². The summed E-state index contributed by atoms with van der Waals surface area (Å²) in [5.41, 5.74) is 0. The molecule has 20 heavy (non-hydrogen) atoms. The second-order valence-electron chi connectivity index (χ2n) is 4.25. The second-order valence-corrected chi connectivity index (χ2v) is 4.25. The van der Waals surface area contributed by atoms with E-state index in [0.717, 1.165) is 19.3 Å². The minimum atomic E-state index is -0.400. The van der Waals surface area contributed by atoms with Crippen LogP contribution in [-0.2, 0) is 28.6 Å². The number of carbonyl (C=O) groups is 3. The van der Waals surface area contributed by atoms with Crippen molar-refractivity contribution < 1.29 is 28.6 Å². The summed E-state index contributed by atoms with van der Waals surface area (Å²) in [6, 6.07) is 0. The molecule has 0 aliphatic heterocycles. The first kappa shape index (κ1) is 18.4. The van der Waals surface area contributed by atoms with E-state index in [1.807, 2.05) is 0 Å². The van der Waals surface area contributed by atoms with Gasteiger partial charge in [-0.25, -0.2) is 0 Å². The molecule has 0 unspecified atom stereocenters. The Morgan fingerprint density at radius 2 is 1.25 bits per heavy atom. The van der Waals surface area contributed by atoms with Gasteiger partial charge in [-0.3, -0.25) is 19.3 Å². The van der Waals surface area contributed by atoms with E-state index in [1.54, 1.807) is 4.90 Å². The summed E-state index contributed by atoms with van der Waals surface area (Å²) in [6.45, 7) is 0.649. The fourth-order valence-corrected chi connectivity index (χ4v) is 1.59. The number of hydrogen-bond donors (Lipinski definition) is 0. The summed E-state index contributed by atoms with van der Waals surface area (Å²) in [5.74, 6) is -1.03. The standard InChI is InChI=1S/C13H23NO6/c1-18-11(15)7-5-4-6-8-14(9-12(16)19-2)10-13(17)20-3/h4-10H2,1-3H3. The zero-order valence-corrected chi connectivity index (χ0v) is 12.3. The molecule has 116 valence electrons. The summed E-state index contributed by atoms with van der Waals surface area (Å²) in [6.07, 6.45) is 2.68. The number of hydrogen-bond acceptors (Lipinski definition) is 7. The summed E-state index contributed by atoms with van der Waals surface area (Å²) in [7, 11) is 3.96. The van der Waals surface area contributed by atoms with E-state index in [1.165, 1.54) is 21.3 Å². The maximum atomic E-state index is 11.2. The van der Waals surface area contributed by atoms with Crippen LogP contribution in [0.2, 0.25) is 0 Å². The van der Waals surface area contributed by atoms with Crippen LogP contribution >= 0.6 is 0 Å². The van der Waals surface area contributed by atoms with Crippen molar-refractivity contribution >= 4 is 17.9 Å². The van der Waals surface area contributed by atoms with E-state index in [-0.39, 0.29) is 19.1 Å². The Balaban J connectivity index is 3.99. The third-order valence-corrected chi connectivity index (χ3v) is 2.74. The lowest BCUT2D eigenvalue weighted by Gasteiger charge is -2.19. The number of ether oxygens (including phenoxy) is 3. The Hall–Kier alpha value is -1.63. The van der Waals surface area contributed by atoms with Gasteiger partial charge in [0.2, 0.25) is 0 Å². The molecule has 0 aliphatic carbocycles. The third-order valence-electron chi connectivity index (χ3n) is 2.74. The molecule has 0 atom stereocenters. The van der Waals surface area contributed by atoms with Crippen LogP contribution in [0.5, 0.6) is 0 Å². The van der Waals surface area contributed by atoms with Crippen LogP contribution in [0.3, 0.4) is 0 Å². The van der Waals surface area contributed by atoms with Crippen molar-refractivity contribution in [1.29, 1.82) is 0 Å². The first-order valence-electron chi connectivity index (χ1n) is 6.46. The number of methoxy groups -OCH3 is 3. The molecule has 7 nitrogen and oxygen atoms in total. The van der Waals surface area contributed by atoms with Gasteiger partial charge in [0.05, 0.1) is 34.4 Å². The summed E-state index contributed by atoms with van der Waals surface area (Å²) < 4.78 is 13.7. The zero-order valence-electron chi connectivity index (χ0n) is 12.3. The van der Waals surface area contributed by atoms with Gasteiger partial charge in [-0.2, -0.15) is 0 Å². The average Bonchev–Trinajstić information content (AvgIpc) is 2.45. The Morgan fingerprint density at radius 1 is 0.750 bits per heavy atom. The van der Waals surface area contributed by atoms with Crippen LogP contribution < -0.4 is 0 Å². The topological polar surface area (TPSA) is 82.1 Å². The fraction of sp³-hybridized carbons (Fsp3) is 0.769. The van der Waals surface area contributed by atoms with Crippen LogP contribution in [-0.4, -0.2) is 63.8 Å². The third kappa shape index (κ3) is 9.32. The van der Waals surface area contributed by atoms with Crippen molar-refractivity contribution in [3.63, 3.8) is 0 Å². The van der Waals surface area contributed by atoms with Crippen LogP contribution in [0, 0.1) is 0 Å². The van der Waals surface area contributed by atoms with Crippen molar-refractivity contribution in [3.05, 3.63) is 0 Å². The van der Waals surface area contributed by atoms with Crippen LogP contribution in [0.1, 0.15) is 25.7 Å². The van der Waals surface area contributed by atoms with Gasteiger partial charge in [0, 0.05) is 6.42 Å². The van der Waals surface area contributed by atoms with Crippen molar-refractivity contribution in [3.8, 4) is 0 Å². The molecule has 0 heterocycles. The normalized spacial score (nSPS) is 10.2. The quantitative estimate of drug-likeness (QED) is 0.326. The monoisotopic (exact) mass is 289 g/mol. The molecule has 0 aliphatic rings. The lowest BCUT2D eigenvalue weighted by molar-refractivity contribution is -0.145. The molecule has 0 fully saturated rings. The molecule has 0 saturated carbocycles. The minimum absolute atomic E-state index is 0.0442. The highest BCUT2D eigenvalue weighted by atomic mass is 16.5. The van der Waals surface area contributed by atoms with Crippen molar-refractivity contribution in [2.24, 2.45) is 0 Å². The van der Waals surface area contributed by atoms with Gasteiger partial charge in [-0.15, -0.1) is 0 Å². The number of nitrogens with zero attached hydrogens (tertiary/aromatic N) is 1. The summed E-state index contributed by atoms with van der Waals surface area (Å²) >= 11 is 0. The number of esters is 3. The van der Waals surface area contributed by atoms with E-state index in [0.29, 0.717) is 13.0 Å². The van der Waals surface area contributed by atoms with Gasteiger partial charge >= 0.3 is 17.9 Å². The minimum Gasteiger partial charge on any atom is -0.469 e. The van der Waals surface area contributed by atoms with Gasteiger partial charge in [0.15, 0.2) is 0 Å². The Morgan fingerprint density at radius 3 is 1.70 bits per heavy atom. The molecular weight excluding hydrogens is 266 g/mol. The lowest BCUT2D eigenvalue weighted by atomic mass is 10.2. The van der Waals surface area contributed by atoms with Crippen LogP contribution in [0.15, 0.2) is 0 Å². The molecule has 0 N–H and O–H groups in total. The molecule has 0 aromatic heterocycles. The number of rotatable bonds is 10. The molecule has 0 bridgehead atoms. The largest absolute Gasteiger partial charge is 0.469 e. The predicted molar refractivity (Wildman–Crippen MR) is 71.0 cm³/mol. The van der Waals surface area contributed by atoms with Crippen molar-refractivity contribution in [2.45, 2.75) is 25.7 Å². The molecule has 0 aromatic rings. The molecule has 0 spiro atoms. The van der Waals surface area contributed by atoms with E-state index in [2.05, 4.69) is 14.2 Å². The zero-order chi connectivity index (χ0) is 15.4. The molecule has 0 aromatic carbocycles. The van der Waals surface area contributed by atoms with E-state index >= 15 is 0 Å². The SMILES string of the molecule is COC(=O)CCCCCN(CC(=O)OC)CC(=O)OC. The van der Waals surface area contributed by atoms with E-state index in [4.69, 9.17) is 0 Å². The van der Waals surface area contributed by atoms with E-state index < -0.39 is 11.9 Å². The lowest BCUT2D eigenvalue weighted by Crippen LogP contribution is -2.36. The van der Waals surface area contributed by atoms with Gasteiger partial charge in [0.1, 0.15) is 0 Å². The highest BCUT2D eigenvalue weighted by molar-refractivity contribution is 5.74.